The van der Waals surface area contributed by atoms with Crippen molar-refractivity contribution in [2.24, 2.45) is 0 Å². The van der Waals surface area contributed by atoms with Crippen LogP contribution >= 0.6 is 0 Å². The first-order valence-electron chi connectivity index (χ1n) is 11.2. The lowest BCUT2D eigenvalue weighted by Crippen LogP contribution is -2.18. The van der Waals surface area contributed by atoms with E-state index in [9.17, 15) is 4.79 Å². The normalized spacial score (nSPS) is 17.1. The highest BCUT2D eigenvalue weighted by atomic mass is 16.4. The number of unbranched alkanes of at least 4 members (excludes halogenated alkanes) is 2. The van der Waals surface area contributed by atoms with Crippen molar-refractivity contribution in [3.8, 4) is 0 Å². The Morgan fingerprint density at radius 1 is 1.00 bits per heavy atom. The third-order valence-corrected chi connectivity index (χ3v) is 6.60. The Hall–Kier alpha value is -2.35. The lowest BCUT2D eigenvalue weighted by molar-refractivity contribution is 0.0697. The SMILES string of the molecule is CCCCCc1cc2c(cc1/C(C)=C/c1ccc(C(=O)O)cc1)C(C)(C)CC2(C)C. The van der Waals surface area contributed by atoms with Gasteiger partial charge in [0.25, 0.3) is 0 Å². The van der Waals surface area contributed by atoms with E-state index in [0.29, 0.717) is 5.56 Å². The molecule has 2 aromatic rings. The summed E-state index contributed by atoms with van der Waals surface area (Å²) in [6, 6.07) is 12.1. The second kappa shape index (κ2) is 8.41. The van der Waals surface area contributed by atoms with Crippen LogP contribution in [0.1, 0.15) is 105 Å². The molecule has 0 bridgehead atoms. The van der Waals surface area contributed by atoms with Gasteiger partial charge in [0.1, 0.15) is 0 Å². The van der Waals surface area contributed by atoms with E-state index in [1.807, 2.05) is 12.1 Å². The topological polar surface area (TPSA) is 37.3 Å². The van der Waals surface area contributed by atoms with E-state index in [0.717, 1.165) is 12.0 Å². The van der Waals surface area contributed by atoms with Gasteiger partial charge in [-0.25, -0.2) is 4.79 Å². The highest BCUT2D eigenvalue weighted by Gasteiger charge is 2.42. The first kappa shape index (κ1) is 22.3. The van der Waals surface area contributed by atoms with E-state index in [1.54, 1.807) is 12.1 Å². The lowest BCUT2D eigenvalue weighted by atomic mass is 9.82. The Morgan fingerprint density at radius 3 is 2.17 bits per heavy atom. The number of fused-ring (bicyclic) bond motifs is 1. The number of benzene rings is 2. The van der Waals surface area contributed by atoms with Crippen LogP contribution in [0.2, 0.25) is 0 Å². The smallest absolute Gasteiger partial charge is 0.335 e. The summed E-state index contributed by atoms with van der Waals surface area (Å²) in [4.78, 5) is 11.1. The molecule has 0 atom stereocenters. The molecule has 0 spiro atoms. The third-order valence-electron chi connectivity index (χ3n) is 6.60. The van der Waals surface area contributed by atoms with Crippen molar-refractivity contribution in [2.75, 3.05) is 0 Å². The fourth-order valence-corrected chi connectivity index (χ4v) is 5.25. The van der Waals surface area contributed by atoms with Crippen LogP contribution in [0.3, 0.4) is 0 Å². The Morgan fingerprint density at radius 2 is 1.60 bits per heavy atom. The van der Waals surface area contributed by atoms with Gasteiger partial charge in [0.15, 0.2) is 0 Å². The second-order valence-corrected chi connectivity index (χ2v) is 10.2. The van der Waals surface area contributed by atoms with Crippen LogP contribution in [0.5, 0.6) is 0 Å². The van der Waals surface area contributed by atoms with Gasteiger partial charge in [0.2, 0.25) is 0 Å². The summed E-state index contributed by atoms with van der Waals surface area (Å²) in [6.07, 6.45) is 8.16. The molecule has 0 aromatic heterocycles. The molecule has 0 aliphatic heterocycles. The predicted octanol–water partition coefficient (Wildman–Crippen LogP) is 7.64. The van der Waals surface area contributed by atoms with Crippen molar-refractivity contribution in [1.82, 2.24) is 0 Å². The molecule has 2 nitrogen and oxygen atoms in total. The number of carboxylic acids is 1. The molecule has 2 aromatic carbocycles. The molecule has 3 rings (SSSR count). The van der Waals surface area contributed by atoms with Gasteiger partial charge in [0, 0.05) is 0 Å². The molecule has 0 saturated carbocycles. The standard InChI is InChI=1S/C28H36O2/c1-7-8-9-10-22-16-24-25(28(5,6)18-27(24,3)4)17-23(22)19(2)15-20-11-13-21(14-12-20)26(29)30/h11-17H,7-10,18H2,1-6H3,(H,29,30)/b19-15+. The minimum absolute atomic E-state index is 0.180. The maximum Gasteiger partial charge on any atom is 0.335 e. The van der Waals surface area contributed by atoms with E-state index in [1.165, 1.54) is 53.5 Å². The average Bonchev–Trinajstić information content (AvgIpc) is 2.85. The molecule has 0 unspecified atom stereocenters. The Bertz CT molecular complexity index is 959. The van der Waals surface area contributed by atoms with E-state index < -0.39 is 5.97 Å². The van der Waals surface area contributed by atoms with Gasteiger partial charge >= 0.3 is 5.97 Å². The molecular weight excluding hydrogens is 368 g/mol. The minimum Gasteiger partial charge on any atom is -0.478 e. The zero-order valence-corrected chi connectivity index (χ0v) is 19.4. The minimum atomic E-state index is -0.885. The molecular formula is C28H36O2. The number of rotatable bonds is 7. The maximum atomic E-state index is 11.1. The van der Waals surface area contributed by atoms with Crippen LogP contribution in [0, 0.1) is 0 Å². The van der Waals surface area contributed by atoms with Crippen molar-refractivity contribution >= 4 is 17.6 Å². The summed E-state index contributed by atoms with van der Waals surface area (Å²) in [5.74, 6) is -0.885. The highest BCUT2D eigenvalue weighted by molar-refractivity contribution is 5.88. The Kier molecular flexibility index (Phi) is 6.26. The first-order chi connectivity index (χ1) is 14.0. The van der Waals surface area contributed by atoms with Crippen LogP contribution in [0.4, 0.5) is 0 Å². The van der Waals surface area contributed by atoms with Crippen molar-refractivity contribution in [3.05, 3.63) is 69.8 Å². The Balaban J connectivity index is 2.06. The number of aromatic carboxylic acids is 1. The van der Waals surface area contributed by atoms with Crippen LogP contribution < -0.4 is 0 Å². The summed E-state index contributed by atoms with van der Waals surface area (Å²) in [7, 11) is 0. The van der Waals surface area contributed by atoms with Crippen molar-refractivity contribution in [2.45, 2.75) is 84.5 Å². The van der Waals surface area contributed by atoms with E-state index in [2.05, 4.69) is 59.8 Å². The zero-order chi connectivity index (χ0) is 22.1. The van der Waals surface area contributed by atoms with Gasteiger partial charge in [-0.05, 0) is 82.5 Å². The first-order valence-corrected chi connectivity index (χ1v) is 11.2. The molecule has 0 radical (unpaired) electrons. The summed E-state index contributed by atoms with van der Waals surface area (Å²) in [6.45, 7) is 13.9. The van der Waals surface area contributed by atoms with Crippen LogP contribution in [0.25, 0.3) is 11.6 Å². The number of hydrogen-bond acceptors (Lipinski definition) is 1. The van der Waals surface area contributed by atoms with E-state index in [4.69, 9.17) is 5.11 Å². The number of aryl methyl sites for hydroxylation is 1. The fraction of sp³-hybridized carbons (Fsp3) is 0.464. The predicted molar refractivity (Wildman–Crippen MR) is 127 cm³/mol. The molecule has 0 fully saturated rings. The van der Waals surface area contributed by atoms with Gasteiger partial charge in [-0.1, -0.05) is 77.8 Å². The largest absolute Gasteiger partial charge is 0.478 e. The number of carbonyl (C=O) groups is 1. The van der Waals surface area contributed by atoms with Gasteiger partial charge in [-0.2, -0.15) is 0 Å². The van der Waals surface area contributed by atoms with Gasteiger partial charge in [0.05, 0.1) is 5.56 Å². The van der Waals surface area contributed by atoms with Crippen LogP contribution in [-0.2, 0) is 17.3 Å². The van der Waals surface area contributed by atoms with Gasteiger partial charge in [-0.3, -0.25) is 0 Å². The molecule has 0 saturated heterocycles. The zero-order valence-electron chi connectivity index (χ0n) is 19.4. The summed E-state index contributed by atoms with van der Waals surface area (Å²) in [5.41, 5.74) is 8.79. The quantitative estimate of drug-likeness (QED) is 0.380. The van der Waals surface area contributed by atoms with E-state index >= 15 is 0 Å². The second-order valence-electron chi connectivity index (χ2n) is 10.2. The lowest BCUT2D eigenvalue weighted by Gasteiger charge is -2.22. The number of hydrogen-bond donors (Lipinski definition) is 1. The molecule has 1 N–H and O–H groups in total. The number of carboxylic acid groups (broad SMARTS) is 1. The maximum absolute atomic E-state index is 11.1. The molecule has 0 amide bonds. The molecule has 0 heterocycles. The molecule has 160 valence electrons. The van der Waals surface area contributed by atoms with Gasteiger partial charge in [-0.15, -0.1) is 0 Å². The molecule has 30 heavy (non-hydrogen) atoms. The molecule has 2 heteroatoms. The van der Waals surface area contributed by atoms with Crippen molar-refractivity contribution in [3.63, 3.8) is 0 Å². The third kappa shape index (κ3) is 4.53. The van der Waals surface area contributed by atoms with E-state index in [-0.39, 0.29) is 10.8 Å². The van der Waals surface area contributed by atoms with Gasteiger partial charge < -0.3 is 5.11 Å². The summed E-state index contributed by atoms with van der Waals surface area (Å²) >= 11 is 0. The summed E-state index contributed by atoms with van der Waals surface area (Å²) in [5, 5.41) is 9.14. The van der Waals surface area contributed by atoms with Crippen molar-refractivity contribution in [1.29, 1.82) is 0 Å². The molecule has 1 aliphatic rings. The fourth-order valence-electron chi connectivity index (χ4n) is 5.25. The Labute approximate surface area is 182 Å². The number of allylic oxidation sites excluding steroid dienone is 1. The summed E-state index contributed by atoms with van der Waals surface area (Å²) < 4.78 is 0. The van der Waals surface area contributed by atoms with Crippen LogP contribution in [-0.4, -0.2) is 11.1 Å². The highest BCUT2D eigenvalue weighted by Crippen LogP contribution is 2.50. The monoisotopic (exact) mass is 404 g/mol. The van der Waals surface area contributed by atoms with Crippen LogP contribution in [0.15, 0.2) is 36.4 Å². The molecule has 1 aliphatic carbocycles. The average molecular weight is 405 g/mol. The van der Waals surface area contributed by atoms with Crippen molar-refractivity contribution < 1.29 is 9.90 Å².